The zero-order valence-electron chi connectivity index (χ0n) is 16.3. The Morgan fingerprint density at radius 2 is 1.83 bits per heavy atom. The molecule has 9 heteroatoms. The first-order valence-electron chi connectivity index (χ1n) is 8.77. The average molecular weight is 433 g/mol. The monoisotopic (exact) mass is 432 g/mol. The number of rotatable bonds is 8. The molecule has 3 rings (SSSR count). The van der Waals surface area contributed by atoms with Crippen molar-refractivity contribution in [2.75, 3.05) is 20.0 Å². The molecule has 0 aliphatic rings. The van der Waals surface area contributed by atoms with Crippen molar-refractivity contribution in [3.05, 3.63) is 53.1 Å². The molecule has 0 spiro atoms. The first-order valence-corrected chi connectivity index (χ1v) is 10.1. The molecular weight excluding hydrogens is 412 g/mol. The molecule has 0 atom stereocenters. The summed E-state index contributed by atoms with van der Waals surface area (Å²) in [6.45, 7) is 0.451. The predicted molar refractivity (Wildman–Crippen MR) is 114 cm³/mol. The quantitative estimate of drug-likeness (QED) is 0.548. The molecule has 29 heavy (non-hydrogen) atoms. The topological polar surface area (TPSA) is 78.3 Å². The number of methoxy groups -OCH3 is 2. The van der Waals surface area contributed by atoms with E-state index in [1.807, 2.05) is 41.9 Å². The zero-order valence-corrected chi connectivity index (χ0v) is 17.9. The lowest BCUT2D eigenvalue weighted by Crippen LogP contribution is -2.24. The molecule has 0 fully saturated rings. The molecule has 2 aromatic carbocycles. The van der Waals surface area contributed by atoms with Gasteiger partial charge in [0.15, 0.2) is 22.5 Å². The van der Waals surface area contributed by atoms with E-state index >= 15 is 0 Å². The molecule has 0 unspecified atom stereocenters. The molecule has 0 saturated heterocycles. The minimum Gasteiger partial charge on any atom is -0.493 e. The summed E-state index contributed by atoms with van der Waals surface area (Å²) in [6.07, 6.45) is 0. The predicted octanol–water partition coefficient (Wildman–Crippen LogP) is 3.56. The van der Waals surface area contributed by atoms with Gasteiger partial charge in [0.25, 0.3) is 0 Å². The van der Waals surface area contributed by atoms with Crippen molar-refractivity contribution in [2.24, 2.45) is 7.05 Å². The molecule has 0 bridgehead atoms. The van der Waals surface area contributed by atoms with Crippen LogP contribution >= 0.6 is 23.4 Å². The number of nitrogens with one attached hydrogen (secondary N) is 1. The van der Waals surface area contributed by atoms with Gasteiger partial charge >= 0.3 is 0 Å². The van der Waals surface area contributed by atoms with E-state index in [9.17, 15) is 4.79 Å². The van der Waals surface area contributed by atoms with E-state index in [2.05, 4.69) is 15.5 Å². The van der Waals surface area contributed by atoms with E-state index in [1.165, 1.54) is 11.8 Å². The number of hydrogen-bond donors (Lipinski definition) is 1. The zero-order chi connectivity index (χ0) is 20.8. The Labute approximate surface area is 178 Å². The lowest BCUT2D eigenvalue weighted by molar-refractivity contribution is -0.118. The third-order valence-corrected chi connectivity index (χ3v) is 5.48. The number of nitrogens with zero attached hydrogens (tertiary/aromatic N) is 3. The maximum atomic E-state index is 12.2. The van der Waals surface area contributed by atoms with E-state index in [0.717, 1.165) is 11.1 Å². The number of hydrogen-bond acceptors (Lipinski definition) is 6. The second kappa shape index (κ2) is 9.67. The minimum absolute atomic E-state index is 0.0828. The van der Waals surface area contributed by atoms with Crippen molar-refractivity contribution < 1.29 is 14.3 Å². The maximum absolute atomic E-state index is 12.2. The van der Waals surface area contributed by atoms with Gasteiger partial charge in [-0.2, -0.15) is 0 Å². The SMILES string of the molecule is COc1ccc(-c2nnc(SCC(=O)NCc3ccc(Cl)cc3)n2C)cc1OC. The van der Waals surface area contributed by atoms with E-state index in [0.29, 0.717) is 34.0 Å². The number of aromatic nitrogens is 3. The second-order valence-electron chi connectivity index (χ2n) is 6.13. The third-order valence-electron chi connectivity index (χ3n) is 4.21. The van der Waals surface area contributed by atoms with Crippen LogP contribution in [0.25, 0.3) is 11.4 Å². The van der Waals surface area contributed by atoms with Gasteiger partial charge in [-0.25, -0.2) is 0 Å². The van der Waals surface area contributed by atoms with Crippen LogP contribution in [0.1, 0.15) is 5.56 Å². The highest BCUT2D eigenvalue weighted by Gasteiger charge is 2.15. The molecule has 1 heterocycles. The summed E-state index contributed by atoms with van der Waals surface area (Å²) in [4.78, 5) is 12.2. The molecular formula is C20H21ClN4O3S. The van der Waals surface area contributed by atoms with Gasteiger partial charge in [-0.05, 0) is 35.9 Å². The highest BCUT2D eigenvalue weighted by atomic mass is 35.5. The van der Waals surface area contributed by atoms with Crippen LogP contribution in [-0.2, 0) is 18.4 Å². The van der Waals surface area contributed by atoms with E-state index in [1.54, 1.807) is 26.4 Å². The molecule has 1 N–H and O–H groups in total. The fourth-order valence-corrected chi connectivity index (χ4v) is 3.52. The summed E-state index contributed by atoms with van der Waals surface area (Å²) in [6, 6.07) is 12.9. The van der Waals surface area contributed by atoms with E-state index < -0.39 is 0 Å². The Balaban J connectivity index is 1.61. The normalized spacial score (nSPS) is 10.6. The van der Waals surface area contributed by atoms with Crippen LogP contribution in [0.15, 0.2) is 47.6 Å². The van der Waals surface area contributed by atoms with Gasteiger partial charge in [0.05, 0.1) is 20.0 Å². The Bertz CT molecular complexity index is 992. The number of ether oxygens (including phenoxy) is 2. The summed E-state index contributed by atoms with van der Waals surface area (Å²) in [5, 5.41) is 12.7. The molecule has 3 aromatic rings. The highest BCUT2D eigenvalue weighted by molar-refractivity contribution is 7.99. The molecule has 0 aliphatic carbocycles. The summed E-state index contributed by atoms with van der Waals surface area (Å²) in [5.74, 6) is 2.09. The Hall–Kier alpha value is -2.71. The molecule has 0 radical (unpaired) electrons. The number of carbonyl (C=O) groups excluding carboxylic acids is 1. The fraction of sp³-hybridized carbons (Fsp3) is 0.250. The average Bonchev–Trinajstić information content (AvgIpc) is 3.11. The lowest BCUT2D eigenvalue weighted by atomic mass is 10.2. The van der Waals surface area contributed by atoms with Crippen molar-refractivity contribution in [3.8, 4) is 22.9 Å². The van der Waals surface area contributed by atoms with Gasteiger partial charge in [-0.15, -0.1) is 10.2 Å². The van der Waals surface area contributed by atoms with Crippen LogP contribution in [0.4, 0.5) is 0 Å². The summed E-state index contributed by atoms with van der Waals surface area (Å²) in [7, 11) is 5.04. The molecule has 0 aliphatic heterocycles. The summed E-state index contributed by atoms with van der Waals surface area (Å²) < 4.78 is 12.5. The maximum Gasteiger partial charge on any atom is 0.230 e. The summed E-state index contributed by atoms with van der Waals surface area (Å²) in [5.41, 5.74) is 1.83. The highest BCUT2D eigenvalue weighted by Crippen LogP contribution is 2.32. The van der Waals surface area contributed by atoms with Crippen LogP contribution in [0.3, 0.4) is 0 Å². The lowest BCUT2D eigenvalue weighted by Gasteiger charge is -2.09. The first kappa shape index (κ1) is 21.0. The van der Waals surface area contributed by atoms with Crippen molar-refractivity contribution in [1.82, 2.24) is 20.1 Å². The third kappa shape index (κ3) is 5.21. The number of halogens is 1. The van der Waals surface area contributed by atoms with Gasteiger partial charge in [0, 0.05) is 24.2 Å². The van der Waals surface area contributed by atoms with Gasteiger partial charge in [-0.1, -0.05) is 35.5 Å². The van der Waals surface area contributed by atoms with Gasteiger partial charge in [-0.3, -0.25) is 4.79 Å². The van der Waals surface area contributed by atoms with Crippen LogP contribution in [0.2, 0.25) is 5.02 Å². The van der Waals surface area contributed by atoms with E-state index in [4.69, 9.17) is 21.1 Å². The van der Waals surface area contributed by atoms with Crippen LogP contribution < -0.4 is 14.8 Å². The van der Waals surface area contributed by atoms with E-state index in [-0.39, 0.29) is 11.7 Å². The number of benzene rings is 2. The van der Waals surface area contributed by atoms with Crippen molar-refractivity contribution in [3.63, 3.8) is 0 Å². The fourth-order valence-electron chi connectivity index (χ4n) is 2.65. The molecule has 7 nitrogen and oxygen atoms in total. The molecule has 0 saturated carbocycles. The first-order chi connectivity index (χ1) is 14.0. The number of thioether (sulfide) groups is 1. The molecule has 1 amide bonds. The minimum atomic E-state index is -0.0828. The Morgan fingerprint density at radius 3 is 2.52 bits per heavy atom. The van der Waals surface area contributed by atoms with Gasteiger partial charge in [0.1, 0.15) is 0 Å². The van der Waals surface area contributed by atoms with Crippen LogP contribution in [-0.4, -0.2) is 40.6 Å². The smallest absolute Gasteiger partial charge is 0.230 e. The largest absolute Gasteiger partial charge is 0.493 e. The van der Waals surface area contributed by atoms with Crippen LogP contribution in [0, 0.1) is 0 Å². The molecule has 1 aromatic heterocycles. The van der Waals surface area contributed by atoms with Crippen molar-refractivity contribution in [2.45, 2.75) is 11.7 Å². The second-order valence-corrected chi connectivity index (χ2v) is 7.51. The van der Waals surface area contributed by atoms with Gasteiger partial charge in [0.2, 0.25) is 5.91 Å². The standard InChI is InChI=1S/C20H21ClN4O3S/c1-25-19(14-6-9-16(27-2)17(10-14)28-3)23-24-20(25)29-12-18(26)22-11-13-4-7-15(21)8-5-13/h4-10H,11-12H2,1-3H3,(H,22,26). The van der Waals surface area contributed by atoms with Crippen molar-refractivity contribution >= 4 is 29.3 Å². The number of amides is 1. The van der Waals surface area contributed by atoms with Gasteiger partial charge < -0.3 is 19.4 Å². The molecule has 152 valence electrons. The summed E-state index contributed by atoms with van der Waals surface area (Å²) >= 11 is 7.19. The van der Waals surface area contributed by atoms with Crippen LogP contribution in [0.5, 0.6) is 11.5 Å². The number of carbonyl (C=O) groups is 1. The Morgan fingerprint density at radius 1 is 1.10 bits per heavy atom. The Kier molecular flexibility index (Phi) is 7.00. The van der Waals surface area contributed by atoms with Crippen molar-refractivity contribution in [1.29, 1.82) is 0 Å².